The first-order chi connectivity index (χ1) is 10.2. The fourth-order valence-corrected chi connectivity index (χ4v) is 3.56. The van der Waals surface area contributed by atoms with Crippen molar-refractivity contribution in [1.29, 1.82) is 0 Å². The van der Waals surface area contributed by atoms with Gasteiger partial charge in [-0.15, -0.1) is 0 Å². The van der Waals surface area contributed by atoms with Gasteiger partial charge in [-0.3, -0.25) is 9.63 Å². The van der Waals surface area contributed by atoms with E-state index in [0.29, 0.717) is 17.8 Å². The number of anilines is 3. The van der Waals surface area contributed by atoms with E-state index in [0.717, 1.165) is 37.4 Å². The molecule has 2 heterocycles. The zero-order valence-corrected chi connectivity index (χ0v) is 13.3. The highest BCUT2D eigenvalue weighted by Crippen LogP contribution is 2.17. The summed E-state index contributed by atoms with van der Waals surface area (Å²) >= 11 is 0. The normalized spacial score (nSPS) is 21.9. The quantitative estimate of drug-likeness (QED) is 0.509. The number of nitrogens with zero attached hydrogens (tertiary/aromatic N) is 4. The number of nitrogens with two attached hydrogens (primary N) is 1. The average molecular weight is 313 g/mol. The number of hydrogen-bond acceptors (Lipinski definition) is 8. The van der Waals surface area contributed by atoms with E-state index in [-0.39, 0.29) is 6.04 Å². The Hall–Kier alpha value is -1.48. The predicted molar refractivity (Wildman–Crippen MR) is 85.7 cm³/mol. The minimum Gasteiger partial charge on any atom is -0.351 e. The summed E-state index contributed by atoms with van der Waals surface area (Å²) in [5.74, 6) is 8.35. The van der Waals surface area contributed by atoms with Gasteiger partial charge in [-0.25, -0.2) is 5.84 Å². The molecule has 0 radical (unpaired) electrons. The lowest BCUT2D eigenvalue weighted by Gasteiger charge is -2.24. The summed E-state index contributed by atoms with van der Waals surface area (Å²) in [6.45, 7) is 5.72. The standard InChI is InChI=1S/C12H23N7OS/c1-3-19(4-2)12-16-10(15-11(17-12)18-13)14-9-5-7-21(20)8-6-9/h9H,3-8,13H2,1-2H3,(H2,14,15,16,17,18). The molecular weight excluding hydrogens is 290 g/mol. The van der Waals surface area contributed by atoms with Gasteiger partial charge in [0, 0.05) is 41.4 Å². The molecule has 1 aliphatic heterocycles. The third-order valence-electron chi connectivity index (χ3n) is 3.52. The Morgan fingerprint density at radius 3 is 2.38 bits per heavy atom. The highest BCUT2D eigenvalue weighted by molar-refractivity contribution is 7.85. The molecule has 0 saturated carbocycles. The van der Waals surface area contributed by atoms with E-state index in [1.807, 2.05) is 18.7 Å². The Bertz CT molecular complexity index is 484. The van der Waals surface area contributed by atoms with Crippen LogP contribution < -0.4 is 21.5 Å². The number of nitrogens with one attached hydrogen (secondary N) is 2. The molecule has 8 nitrogen and oxygen atoms in total. The van der Waals surface area contributed by atoms with E-state index in [2.05, 4.69) is 25.7 Å². The molecule has 0 atom stereocenters. The van der Waals surface area contributed by atoms with Crippen LogP contribution in [-0.4, -0.2) is 49.8 Å². The number of hydrazine groups is 1. The molecule has 1 aromatic rings. The molecule has 1 aliphatic rings. The first-order valence-electron chi connectivity index (χ1n) is 7.25. The largest absolute Gasteiger partial charge is 0.351 e. The number of nitrogen functional groups attached to an aromatic ring is 1. The van der Waals surface area contributed by atoms with Crippen molar-refractivity contribution in [3.8, 4) is 0 Å². The van der Waals surface area contributed by atoms with E-state index in [1.165, 1.54) is 0 Å². The summed E-state index contributed by atoms with van der Waals surface area (Å²) in [6.07, 6.45) is 1.73. The summed E-state index contributed by atoms with van der Waals surface area (Å²) in [5, 5.41) is 3.30. The van der Waals surface area contributed by atoms with Gasteiger partial charge >= 0.3 is 0 Å². The molecular formula is C12H23N7OS. The smallest absolute Gasteiger partial charge is 0.243 e. The molecule has 9 heteroatoms. The van der Waals surface area contributed by atoms with Gasteiger partial charge in [0.25, 0.3) is 0 Å². The van der Waals surface area contributed by atoms with Crippen molar-refractivity contribution in [2.45, 2.75) is 32.7 Å². The van der Waals surface area contributed by atoms with Crippen LogP contribution in [0.25, 0.3) is 0 Å². The fraction of sp³-hybridized carbons (Fsp3) is 0.750. The van der Waals surface area contributed by atoms with Crippen LogP contribution in [0.1, 0.15) is 26.7 Å². The van der Waals surface area contributed by atoms with Crippen molar-refractivity contribution >= 4 is 28.6 Å². The molecule has 0 spiro atoms. The van der Waals surface area contributed by atoms with E-state index in [4.69, 9.17) is 5.84 Å². The maximum atomic E-state index is 11.4. The monoisotopic (exact) mass is 313 g/mol. The van der Waals surface area contributed by atoms with Gasteiger partial charge in [0.05, 0.1) is 0 Å². The van der Waals surface area contributed by atoms with Crippen molar-refractivity contribution in [3.63, 3.8) is 0 Å². The van der Waals surface area contributed by atoms with Crippen LogP contribution in [0.15, 0.2) is 0 Å². The molecule has 0 aliphatic carbocycles. The topological polar surface area (TPSA) is 109 Å². The second-order valence-electron chi connectivity index (χ2n) is 4.87. The molecule has 0 bridgehead atoms. The van der Waals surface area contributed by atoms with Crippen molar-refractivity contribution < 1.29 is 4.21 Å². The molecule has 0 amide bonds. The van der Waals surface area contributed by atoms with Gasteiger partial charge in [-0.05, 0) is 26.7 Å². The fourth-order valence-electron chi connectivity index (χ4n) is 2.26. The van der Waals surface area contributed by atoms with Crippen LogP contribution in [-0.2, 0) is 10.8 Å². The lowest BCUT2D eigenvalue weighted by Crippen LogP contribution is -2.31. The third-order valence-corrected chi connectivity index (χ3v) is 4.90. The van der Waals surface area contributed by atoms with E-state index < -0.39 is 10.8 Å². The average Bonchev–Trinajstić information content (AvgIpc) is 2.50. The van der Waals surface area contributed by atoms with Crippen LogP contribution in [0, 0.1) is 0 Å². The number of rotatable bonds is 6. The zero-order chi connectivity index (χ0) is 15.2. The Labute approximate surface area is 127 Å². The SMILES string of the molecule is CCN(CC)c1nc(NN)nc(NC2CCS(=O)CC2)n1. The molecule has 1 saturated heterocycles. The summed E-state index contributed by atoms with van der Waals surface area (Å²) in [7, 11) is -0.673. The number of hydrogen-bond donors (Lipinski definition) is 3. The molecule has 0 aromatic carbocycles. The van der Waals surface area contributed by atoms with Gasteiger partial charge in [0.2, 0.25) is 17.8 Å². The van der Waals surface area contributed by atoms with Crippen molar-refractivity contribution in [2.24, 2.45) is 5.84 Å². The molecule has 2 rings (SSSR count). The molecule has 21 heavy (non-hydrogen) atoms. The van der Waals surface area contributed by atoms with E-state index in [1.54, 1.807) is 0 Å². The second-order valence-corrected chi connectivity index (χ2v) is 6.56. The summed E-state index contributed by atoms with van der Waals surface area (Å²) in [4.78, 5) is 15.0. The zero-order valence-electron chi connectivity index (χ0n) is 12.5. The molecule has 0 unspecified atom stereocenters. The molecule has 118 valence electrons. The van der Waals surface area contributed by atoms with E-state index >= 15 is 0 Å². The van der Waals surface area contributed by atoms with Crippen LogP contribution in [0.2, 0.25) is 0 Å². The molecule has 1 aromatic heterocycles. The van der Waals surface area contributed by atoms with E-state index in [9.17, 15) is 4.21 Å². The van der Waals surface area contributed by atoms with Gasteiger partial charge < -0.3 is 10.2 Å². The first kappa shape index (κ1) is 15.9. The molecule has 4 N–H and O–H groups in total. The Morgan fingerprint density at radius 2 is 1.81 bits per heavy atom. The molecule has 1 fully saturated rings. The van der Waals surface area contributed by atoms with Gasteiger partial charge in [0.1, 0.15) is 0 Å². The minimum absolute atomic E-state index is 0.250. The Balaban J connectivity index is 2.14. The van der Waals surface area contributed by atoms with Crippen LogP contribution in [0.5, 0.6) is 0 Å². The van der Waals surface area contributed by atoms with Gasteiger partial charge in [-0.2, -0.15) is 15.0 Å². The first-order valence-corrected chi connectivity index (χ1v) is 8.74. The lowest BCUT2D eigenvalue weighted by atomic mass is 10.2. The van der Waals surface area contributed by atoms with Gasteiger partial charge in [0.15, 0.2) is 0 Å². The summed E-state index contributed by atoms with van der Waals surface area (Å²) < 4.78 is 11.4. The second kappa shape index (κ2) is 7.51. The van der Waals surface area contributed by atoms with Crippen molar-refractivity contribution in [1.82, 2.24) is 15.0 Å². The summed E-state index contributed by atoms with van der Waals surface area (Å²) in [5.41, 5.74) is 2.48. The Kier molecular flexibility index (Phi) is 5.68. The Morgan fingerprint density at radius 1 is 1.19 bits per heavy atom. The van der Waals surface area contributed by atoms with Crippen molar-refractivity contribution in [3.05, 3.63) is 0 Å². The maximum absolute atomic E-state index is 11.4. The van der Waals surface area contributed by atoms with Crippen molar-refractivity contribution in [2.75, 3.05) is 40.2 Å². The number of aromatic nitrogens is 3. The third kappa shape index (κ3) is 4.24. The maximum Gasteiger partial charge on any atom is 0.243 e. The highest BCUT2D eigenvalue weighted by Gasteiger charge is 2.19. The minimum atomic E-state index is -0.673. The predicted octanol–water partition coefficient (Wildman–Crippen LogP) is 0.326. The van der Waals surface area contributed by atoms with Crippen LogP contribution in [0.3, 0.4) is 0 Å². The highest BCUT2D eigenvalue weighted by atomic mass is 32.2. The van der Waals surface area contributed by atoms with Crippen LogP contribution >= 0.6 is 0 Å². The summed E-state index contributed by atoms with van der Waals surface area (Å²) in [6, 6.07) is 0.250. The van der Waals surface area contributed by atoms with Crippen LogP contribution in [0.4, 0.5) is 17.8 Å². The van der Waals surface area contributed by atoms with Gasteiger partial charge in [-0.1, -0.05) is 0 Å². The lowest BCUT2D eigenvalue weighted by molar-refractivity contribution is 0.620.